The Labute approximate surface area is 140 Å². The first-order chi connectivity index (χ1) is 10.8. The van der Waals surface area contributed by atoms with E-state index in [2.05, 4.69) is 5.32 Å². The summed E-state index contributed by atoms with van der Waals surface area (Å²) < 4.78 is 5.49. The number of thiophene rings is 1. The van der Waals surface area contributed by atoms with Crippen LogP contribution >= 0.6 is 11.3 Å². The van der Waals surface area contributed by atoms with Crippen LogP contribution in [0.15, 0.2) is 41.8 Å². The van der Waals surface area contributed by atoms with E-state index in [0.717, 1.165) is 5.56 Å². The van der Waals surface area contributed by atoms with Crippen LogP contribution in [0.3, 0.4) is 0 Å². The SMILES string of the molecule is Cc1ccc([C@@H](OC(=O)c2cccs2)C(=O)NC(C)(C)C)cc1. The first kappa shape index (κ1) is 17.2. The van der Waals surface area contributed by atoms with Crippen molar-refractivity contribution in [2.24, 2.45) is 0 Å². The minimum Gasteiger partial charge on any atom is -0.443 e. The minimum atomic E-state index is -0.968. The third-order valence-electron chi connectivity index (χ3n) is 3.06. The zero-order chi connectivity index (χ0) is 17.0. The molecular formula is C18H21NO3S. The number of rotatable bonds is 4. The Kier molecular flexibility index (Phi) is 5.21. The maximum Gasteiger partial charge on any atom is 0.349 e. The summed E-state index contributed by atoms with van der Waals surface area (Å²) in [6.07, 6.45) is -0.968. The average Bonchev–Trinajstić information content (AvgIpc) is 2.98. The predicted octanol–water partition coefficient (Wildman–Crippen LogP) is 3.87. The van der Waals surface area contributed by atoms with Crippen molar-refractivity contribution < 1.29 is 14.3 Å². The fourth-order valence-corrected chi connectivity index (χ4v) is 2.61. The second-order valence-corrected chi connectivity index (χ2v) is 7.36. The van der Waals surface area contributed by atoms with Gasteiger partial charge in [0.1, 0.15) is 4.88 Å². The fourth-order valence-electron chi connectivity index (χ4n) is 2.01. The molecule has 1 aromatic carbocycles. The van der Waals surface area contributed by atoms with Gasteiger partial charge in [0.05, 0.1) is 0 Å². The fraction of sp³-hybridized carbons (Fsp3) is 0.333. The van der Waals surface area contributed by atoms with Crippen molar-refractivity contribution in [1.82, 2.24) is 5.32 Å². The molecule has 1 amide bonds. The normalized spacial score (nSPS) is 12.5. The number of esters is 1. The lowest BCUT2D eigenvalue weighted by Gasteiger charge is -2.25. The van der Waals surface area contributed by atoms with Crippen LogP contribution in [0, 0.1) is 6.92 Å². The topological polar surface area (TPSA) is 55.4 Å². The smallest absolute Gasteiger partial charge is 0.349 e. The molecule has 0 unspecified atom stereocenters. The summed E-state index contributed by atoms with van der Waals surface area (Å²) in [5, 5.41) is 4.67. The van der Waals surface area contributed by atoms with Crippen LogP contribution in [0.5, 0.6) is 0 Å². The summed E-state index contributed by atoms with van der Waals surface area (Å²) in [6, 6.07) is 10.9. The Morgan fingerprint density at radius 1 is 1.13 bits per heavy atom. The standard InChI is InChI=1S/C18H21NO3S/c1-12-7-9-13(10-8-12)15(16(20)19-18(2,3)4)22-17(21)14-6-5-11-23-14/h5-11,15H,1-4H3,(H,19,20)/t15-/m1/s1. The molecule has 5 heteroatoms. The zero-order valence-electron chi connectivity index (χ0n) is 13.8. The van der Waals surface area contributed by atoms with Crippen LogP contribution in [0.25, 0.3) is 0 Å². The summed E-state index contributed by atoms with van der Waals surface area (Å²) in [6.45, 7) is 7.63. The first-order valence-electron chi connectivity index (χ1n) is 7.39. The highest BCUT2D eigenvalue weighted by atomic mass is 32.1. The third-order valence-corrected chi connectivity index (χ3v) is 3.91. The van der Waals surface area contributed by atoms with Gasteiger partial charge in [-0.15, -0.1) is 11.3 Å². The Bertz CT molecular complexity index is 669. The van der Waals surface area contributed by atoms with E-state index < -0.39 is 17.6 Å². The molecule has 0 bridgehead atoms. The van der Waals surface area contributed by atoms with Crippen LogP contribution in [0.2, 0.25) is 0 Å². The van der Waals surface area contributed by atoms with Gasteiger partial charge in [0.25, 0.3) is 5.91 Å². The van der Waals surface area contributed by atoms with E-state index in [4.69, 9.17) is 4.74 Å². The molecule has 2 rings (SSSR count). The molecular weight excluding hydrogens is 310 g/mol. The van der Waals surface area contributed by atoms with Gasteiger partial charge in [-0.3, -0.25) is 4.79 Å². The number of hydrogen-bond acceptors (Lipinski definition) is 4. The number of ether oxygens (including phenoxy) is 1. The summed E-state index contributed by atoms with van der Waals surface area (Å²) in [7, 11) is 0. The lowest BCUT2D eigenvalue weighted by molar-refractivity contribution is -0.131. The molecule has 1 N–H and O–H groups in total. The molecule has 0 aliphatic rings. The van der Waals surface area contributed by atoms with Crippen molar-refractivity contribution in [3.8, 4) is 0 Å². The summed E-state index contributed by atoms with van der Waals surface area (Å²) >= 11 is 1.29. The van der Waals surface area contributed by atoms with Gasteiger partial charge in [-0.2, -0.15) is 0 Å². The molecule has 0 radical (unpaired) electrons. The van der Waals surface area contributed by atoms with E-state index in [1.54, 1.807) is 17.5 Å². The van der Waals surface area contributed by atoms with Crippen LogP contribution in [0.1, 0.15) is 47.7 Å². The molecule has 0 fully saturated rings. The maximum absolute atomic E-state index is 12.6. The van der Waals surface area contributed by atoms with Gasteiger partial charge >= 0.3 is 5.97 Å². The number of amides is 1. The molecule has 4 nitrogen and oxygen atoms in total. The number of hydrogen-bond donors (Lipinski definition) is 1. The monoisotopic (exact) mass is 331 g/mol. The van der Waals surface area contributed by atoms with Crippen molar-refractivity contribution >= 4 is 23.2 Å². The number of nitrogens with one attached hydrogen (secondary N) is 1. The zero-order valence-corrected chi connectivity index (χ0v) is 14.6. The molecule has 2 aromatic rings. The number of carbonyl (C=O) groups is 2. The molecule has 0 saturated carbocycles. The van der Waals surface area contributed by atoms with Crippen molar-refractivity contribution in [2.75, 3.05) is 0 Å². The molecule has 122 valence electrons. The molecule has 0 saturated heterocycles. The highest BCUT2D eigenvalue weighted by Gasteiger charge is 2.28. The van der Waals surface area contributed by atoms with Gasteiger partial charge in [-0.25, -0.2) is 4.79 Å². The summed E-state index contributed by atoms with van der Waals surface area (Å²) in [4.78, 5) is 25.3. The largest absolute Gasteiger partial charge is 0.443 e. The van der Waals surface area contributed by atoms with Gasteiger partial charge in [0, 0.05) is 11.1 Å². The van der Waals surface area contributed by atoms with E-state index in [0.29, 0.717) is 10.4 Å². The van der Waals surface area contributed by atoms with E-state index in [9.17, 15) is 9.59 Å². The minimum absolute atomic E-state index is 0.328. The number of carbonyl (C=O) groups excluding carboxylic acids is 2. The van der Waals surface area contributed by atoms with E-state index in [1.807, 2.05) is 52.0 Å². The molecule has 1 heterocycles. The van der Waals surface area contributed by atoms with E-state index in [-0.39, 0.29) is 5.91 Å². The van der Waals surface area contributed by atoms with Crippen LogP contribution < -0.4 is 5.32 Å². The highest BCUT2D eigenvalue weighted by molar-refractivity contribution is 7.11. The molecule has 0 spiro atoms. The Morgan fingerprint density at radius 2 is 1.78 bits per heavy atom. The first-order valence-corrected chi connectivity index (χ1v) is 8.27. The molecule has 1 aromatic heterocycles. The number of benzene rings is 1. The summed E-state index contributed by atoms with van der Waals surface area (Å²) in [5.41, 5.74) is 1.32. The van der Waals surface area contributed by atoms with Crippen LogP contribution in [0.4, 0.5) is 0 Å². The third kappa shape index (κ3) is 4.93. The quantitative estimate of drug-likeness (QED) is 0.865. The molecule has 1 atom stereocenters. The van der Waals surface area contributed by atoms with Crippen molar-refractivity contribution in [3.63, 3.8) is 0 Å². The Balaban J connectivity index is 2.25. The van der Waals surface area contributed by atoms with Gasteiger partial charge in [0.2, 0.25) is 6.10 Å². The summed E-state index contributed by atoms with van der Waals surface area (Å²) in [5.74, 6) is -0.819. The van der Waals surface area contributed by atoms with Crippen LogP contribution in [-0.2, 0) is 9.53 Å². The highest BCUT2D eigenvalue weighted by Crippen LogP contribution is 2.22. The molecule has 23 heavy (non-hydrogen) atoms. The lowest BCUT2D eigenvalue weighted by Crippen LogP contribution is -2.44. The van der Waals surface area contributed by atoms with Crippen molar-refractivity contribution in [1.29, 1.82) is 0 Å². The van der Waals surface area contributed by atoms with Gasteiger partial charge < -0.3 is 10.1 Å². The maximum atomic E-state index is 12.6. The lowest BCUT2D eigenvalue weighted by atomic mass is 10.0. The second-order valence-electron chi connectivity index (χ2n) is 6.41. The van der Waals surface area contributed by atoms with Gasteiger partial charge in [-0.05, 0) is 39.1 Å². The Morgan fingerprint density at radius 3 is 2.30 bits per heavy atom. The van der Waals surface area contributed by atoms with E-state index >= 15 is 0 Å². The van der Waals surface area contributed by atoms with Crippen LogP contribution in [-0.4, -0.2) is 17.4 Å². The van der Waals surface area contributed by atoms with E-state index in [1.165, 1.54) is 11.3 Å². The van der Waals surface area contributed by atoms with Gasteiger partial charge in [0.15, 0.2) is 0 Å². The van der Waals surface area contributed by atoms with Gasteiger partial charge in [-0.1, -0.05) is 35.9 Å². The average molecular weight is 331 g/mol. The predicted molar refractivity (Wildman–Crippen MR) is 91.6 cm³/mol. The Hall–Kier alpha value is -2.14. The number of aryl methyl sites for hydroxylation is 1. The molecule has 0 aliphatic carbocycles. The second kappa shape index (κ2) is 6.96. The van der Waals surface area contributed by atoms with Crippen molar-refractivity contribution in [3.05, 3.63) is 57.8 Å². The van der Waals surface area contributed by atoms with Crippen molar-refractivity contribution in [2.45, 2.75) is 39.3 Å². The molecule has 0 aliphatic heterocycles.